The van der Waals surface area contributed by atoms with Gasteiger partial charge < -0.3 is 5.32 Å². The van der Waals surface area contributed by atoms with Crippen molar-refractivity contribution < 1.29 is 0 Å². The van der Waals surface area contributed by atoms with Crippen LogP contribution in [0.5, 0.6) is 0 Å². The minimum Gasteiger partial charge on any atom is -0.380 e. The summed E-state index contributed by atoms with van der Waals surface area (Å²) in [6, 6.07) is 7.18. The van der Waals surface area contributed by atoms with Gasteiger partial charge in [-0.2, -0.15) is 0 Å². The Kier molecular flexibility index (Phi) is 3.87. The summed E-state index contributed by atoms with van der Waals surface area (Å²) in [5.74, 6) is 2.97. The molecule has 1 aromatic carbocycles. The van der Waals surface area contributed by atoms with Crippen molar-refractivity contribution in [2.75, 3.05) is 5.32 Å². The zero-order valence-corrected chi connectivity index (χ0v) is 16.3. The number of aryl methyl sites for hydroxylation is 1. The first-order valence-electron chi connectivity index (χ1n) is 9.55. The van der Waals surface area contributed by atoms with Crippen molar-refractivity contribution in [3.05, 3.63) is 44.9 Å². The van der Waals surface area contributed by atoms with Gasteiger partial charge in [-0.15, -0.1) is 11.3 Å². The smallest absolute Gasteiger partial charge is 0.183 e. The third-order valence-electron chi connectivity index (χ3n) is 6.87. The third kappa shape index (κ3) is 2.90. The van der Waals surface area contributed by atoms with Gasteiger partial charge in [-0.1, -0.05) is 23.7 Å². The predicted octanol–water partition coefficient (Wildman–Crippen LogP) is 6.18. The van der Waals surface area contributed by atoms with Gasteiger partial charge in [0.25, 0.3) is 0 Å². The van der Waals surface area contributed by atoms with Crippen LogP contribution in [-0.2, 0) is 12.0 Å². The van der Waals surface area contributed by atoms with E-state index >= 15 is 0 Å². The summed E-state index contributed by atoms with van der Waals surface area (Å²) in [5.41, 5.74) is 4.65. The number of aromatic nitrogens is 1. The van der Waals surface area contributed by atoms with Gasteiger partial charge in [-0.25, -0.2) is 4.98 Å². The van der Waals surface area contributed by atoms with E-state index in [1.165, 1.54) is 54.7 Å². The number of benzene rings is 1. The molecular weight excluding hydrogens is 348 g/mol. The van der Waals surface area contributed by atoms with Crippen LogP contribution < -0.4 is 5.32 Å². The van der Waals surface area contributed by atoms with Crippen molar-refractivity contribution in [3.63, 3.8) is 0 Å². The molecule has 0 atom stereocenters. The zero-order valence-electron chi connectivity index (χ0n) is 14.7. The van der Waals surface area contributed by atoms with E-state index < -0.39 is 0 Å². The van der Waals surface area contributed by atoms with Gasteiger partial charge in [0.2, 0.25) is 0 Å². The van der Waals surface area contributed by atoms with Gasteiger partial charge in [0.1, 0.15) is 0 Å². The largest absolute Gasteiger partial charge is 0.380 e. The average Bonchev–Trinajstić information content (AvgIpc) is 2.98. The van der Waals surface area contributed by atoms with Crippen molar-refractivity contribution in [1.82, 2.24) is 4.98 Å². The first kappa shape index (κ1) is 16.1. The van der Waals surface area contributed by atoms with Crippen LogP contribution in [-0.4, -0.2) is 4.98 Å². The fourth-order valence-electron chi connectivity index (χ4n) is 6.15. The SMILES string of the molecule is Cc1ccc(C23CC4CC(CC(C4)C2)C3)cc1NCc1cnc(Cl)s1. The fourth-order valence-corrected chi connectivity index (χ4v) is 7.07. The lowest BCUT2D eigenvalue weighted by molar-refractivity contribution is -0.00516. The van der Waals surface area contributed by atoms with Gasteiger partial charge >= 0.3 is 0 Å². The highest BCUT2D eigenvalue weighted by Crippen LogP contribution is 2.60. The highest BCUT2D eigenvalue weighted by atomic mass is 35.5. The molecule has 0 unspecified atom stereocenters. The van der Waals surface area contributed by atoms with Gasteiger partial charge in [-0.05, 0) is 85.8 Å². The van der Waals surface area contributed by atoms with Crippen LogP contribution in [0.3, 0.4) is 0 Å². The standard InChI is InChI=1S/C21H25ClN2S/c1-13-2-3-17(7-19(13)23-11-18-12-24-20(22)25-18)21-8-14-4-15(9-21)6-16(5-14)10-21/h2-3,7,12,14-16,23H,4-6,8-11H2,1H3. The monoisotopic (exact) mass is 372 g/mol. The Balaban J connectivity index is 1.41. The van der Waals surface area contributed by atoms with Crippen molar-refractivity contribution in [2.45, 2.75) is 57.4 Å². The molecule has 0 radical (unpaired) electrons. The predicted molar refractivity (Wildman–Crippen MR) is 105 cm³/mol. The molecule has 2 aromatic rings. The molecule has 4 heteroatoms. The lowest BCUT2D eigenvalue weighted by Gasteiger charge is -2.57. The minimum atomic E-state index is 0.465. The molecule has 1 aromatic heterocycles. The van der Waals surface area contributed by atoms with E-state index in [1.807, 2.05) is 6.20 Å². The number of rotatable bonds is 4. The summed E-state index contributed by atoms with van der Waals surface area (Å²) in [6.07, 6.45) is 10.6. The Morgan fingerprint density at radius 3 is 2.44 bits per heavy atom. The Morgan fingerprint density at radius 2 is 1.84 bits per heavy atom. The lowest BCUT2D eigenvalue weighted by atomic mass is 9.48. The second-order valence-electron chi connectivity index (χ2n) is 8.66. The number of nitrogens with zero attached hydrogens (tertiary/aromatic N) is 1. The first-order valence-corrected chi connectivity index (χ1v) is 10.7. The second kappa shape index (κ2) is 5.99. The van der Waals surface area contributed by atoms with E-state index in [0.717, 1.165) is 24.3 Å². The molecule has 1 heterocycles. The molecule has 1 N–H and O–H groups in total. The number of anilines is 1. The summed E-state index contributed by atoms with van der Waals surface area (Å²) in [5, 5.41) is 3.63. The van der Waals surface area contributed by atoms with Gasteiger partial charge in [0.05, 0.1) is 6.54 Å². The number of thiazole rings is 1. The van der Waals surface area contributed by atoms with Gasteiger partial charge in [-0.3, -0.25) is 0 Å². The highest BCUT2D eigenvalue weighted by Gasteiger charge is 2.51. The Labute approximate surface area is 159 Å². The number of hydrogen-bond acceptors (Lipinski definition) is 3. The van der Waals surface area contributed by atoms with Crippen LogP contribution in [0.1, 0.15) is 54.5 Å². The van der Waals surface area contributed by atoms with Crippen molar-refractivity contribution in [1.29, 1.82) is 0 Å². The quantitative estimate of drug-likeness (QED) is 0.692. The molecule has 0 amide bonds. The summed E-state index contributed by atoms with van der Waals surface area (Å²) in [4.78, 5) is 5.32. The summed E-state index contributed by atoms with van der Waals surface area (Å²) < 4.78 is 0.621. The van der Waals surface area contributed by atoms with Crippen molar-refractivity contribution >= 4 is 28.6 Å². The van der Waals surface area contributed by atoms with Crippen LogP contribution in [0.25, 0.3) is 0 Å². The number of nitrogens with one attached hydrogen (secondary N) is 1. The Hall–Kier alpha value is -1.06. The van der Waals surface area contributed by atoms with Crippen LogP contribution in [0, 0.1) is 24.7 Å². The maximum absolute atomic E-state index is 5.95. The molecule has 4 fully saturated rings. The Bertz CT molecular complexity index is 762. The molecular formula is C21H25ClN2S. The molecule has 4 aliphatic rings. The molecule has 4 bridgehead atoms. The van der Waals surface area contributed by atoms with Crippen molar-refractivity contribution in [3.8, 4) is 0 Å². The molecule has 0 saturated heterocycles. The Morgan fingerprint density at radius 1 is 1.16 bits per heavy atom. The molecule has 25 heavy (non-hydrogen) atoms. The zero-order chi connectivity index (χ0) is 17.0. The molecule has 4 saturated carbocycles. The average molecular weight is 373 g/mol. The van der Waals surface area contributed by atoms with E-state index in [1.54, 1.807) is 16.9 Å². The van der Waals surface area contributed by atoms with Gasteiger partial charge in [0, 0.05) is 16.8 Å². The van der Waals surface area contributed by atoms with E-state index in [2.05, 4.69) is 35.4 Å². The van der Waals surface area contributed by atoms with E-state index in [9.17, 15) is 0 Å². The summed E-state index contributed by atoms with van der Waals surface area (Å²) in [6.45, 7) is 3.00. The van der Waals surface area contributed by atoms with Crippen LogP contribution in [0.2, 0.25) is 4.47 Å². The maximum Gasteiger partial charge on any atom is 0.183 e. The molecule has 0 spiro atoms. The van der Waals surface area contributed by atoms with Crippen LogP contribution in [0.15, 0.2) is 24.4 Å². The minimum absolute atomic E-state index is 0.465. The fraction of sp³-hybridized carbons (Fsp3) is 0.571. The number of halogens is 1. The first-order chi connectivity index (χ1) is 12.1. The van der Waals surface area contributed by atoms with E-state index in [0.29, 0.717) is 9.88 Å². The molecule has 0 aliphatic heterocycles. The van der Waals surface area contributed by atoms with E-state index in [-0.39, 0.29) is 0 Å². The van der Waals surface area contributed by atoms with E-state index in [4.69, 9.17) is 11.6 Å². The lowest BCUT2D eigenvalue weighted by Crippen LogP contribution is -2.48. The van der Waals surface area contributed by atoms with Crippen LogP contribution in [0.4, 0.5) is 5.69 Å². The second-order valence-corrected chi connectivity index (χ2v) is 10.4. The topological polar surface area (TPSA) is 24.9 Å². The maximum atomic E-state index is 5.95. The molecule has 4 aliphatic carbocycles. The molecule has 2 nitrogen and oxygen atoms in total. The summed E-state index contributed by atoms with van der Waals surface area (Å²) >= 11 is 7.51. The highest BCUT2D eigenvalue weighted by molar-refractivity contribution is 7.15. The third-order valence-corrected chi connectivity index (χ3v) is 7.98. The normalized spacial score (nSPS) is 33.0. The van der Waals surface area contributed by atoms with Crippen LogP contribution >= 0.6 is 22.9 Å². The molecule has 132 valence electrons. The molecule has 6 rings (SSSR count). The number of hydrogen-bond donors (Lipinski definition) is 1. The van der Waals surface area contributed by atoms with Gasteiger partial charge in [0.15, 0.2) is 4.47 Å². The summed E-state index contributed by atoms with van der Waals surface area (Å²) in [7, 11) is 0. The van der Waals surface area contributed by atoms with Crippen molar-refractivity contribution in [2.24, 2.45) is 17.8 Å².